The normalized spacial score (nSPS) is 18.5. The first-order chi connectivity index (χ1) is 23.0. The molecule has 4 N–H and O–H groups in total. The maximum absolute atomic E-state index is 12.1. The zero-order valence-electron chi connectivity index (χ0n) is 27.8. The van der Waals surface area contributed by atoms with E-state index in [4.69, 9.17) is 5.11 Å². The molecule has 50 heavy (non-hydrogen) atoms. The van der Waals surface area contributed by atoms with Crippen molar-refractivity contribution in [2.75, 3.05) is 11.4 Å². The fourth-order valence-corrected chi connectivity index (χ4v) is 8.45. The average Bonchev–Trinajstić information content (AvgIpc) is 3.36. The summed E-state index contributed by atoms with van der Waals surface area (Å²) < 4.78 is 104. The van der Waals surface area contributed by atoms with Crippen molar-refractivity contribution in [3.05, 3.63) is 83.9 Å². The molecule has 0 aromatic heterocycles. The first kappa shape index (κ1) is 37.3. The molecule has 0 spiro atoms. The van der Waals surface area contributed by atoms with E-state index in [2.05, 4.69) is 0 Å². The second kappa shape index (κ2) is 13.0. The van der Waals surface area contributed by atoms with E-state index in [-0.39, 0.29) is 21.1 Å². The lowest BCUT2D eigenvalue weighted by Gasteiger charge is -2.32. The predicted molar refractivity (Wildman–Crippen MR) is 186 cm³/mol. The molecule has 13 nitrogen and oxygen atoms in total. The molecule has 3 aromatic carbocycles. The molecule has 0 saturated carbocycles. The lowest BCUT2D eigenvalue weighted by molar-refractivity contribution is -0.438. The van der Waals surface area contributed by atoms with Crippen molar-refractivity contribution in [3.63, 3.8) is 0 Å². The van der Waals surface area contributed by atoms with Gasteiger partial charge in [0.2, 0.25) is 5.69 Å². The van der Waals surface area contributed by atoms with Gasteiger partial charge >= 0.3 is 5.97 Å². The maximum Gasteiger partial charge on any atom is 0.303 e. The fourth-order valence-electron chi connectivity index (χ4n) is 6.91. The van der Waals surface area contributed by atoms with Gasteiger partial charge in [0, 0.05) is 47.3 Å². The standard InChI is InChI=1S/C34H38N2O11S3/c1-33(2)26-20-24(49(42,43)44)12-14-28(26)35(18-7-5-6-11-32(37)38)30(33)16-17-31-34(3,4)27-21-25(50(45,46)47)13-15-29(27)36(31)22-9-8-10-23(19-22)48(39,40)41/h8-10,12-17,19-21,31H,5-7,11,18H2,1-4H3,(H3-,37,38,39,40,41,42,43,44,45,46,47)/p+1/b17-16+. The summed E-state index contributed by atoms with van der Waals surface area (Å²) in [6.45, 7) is 8.03. The van der Waals surface area contributed by atoms with Crippen molar-refractivity contribution in [1.82, 2.24) is 0 Å². The Labute approximate surface area is 291 Å². The highest BCUT2D eigenvalue weighted by atomic mass is 32.2. The molecule has 268 valence electrons. The molecule has 0 aliphatic carbocycles. The van der Waals surface area contributed by atoms with Crippen LogP contribution in [-0.4, -0.2) is 72.9 Å². The molecule has 0 saturated heterocycles. The third-order valence-corrected chi connectivity index (χ3v) is 12.0. The summed E-state index contributed by atoms with van der Waals surface area (Å²) in [4.78, 5) is 12.0. The third kappa shape index (κ3) is 7.13. The monoisotopic (exact) mass is 747 g/mol. The molecule has 1 unspecified atom stereocenters. The van der Waals surface area contributed by atoms with Crippen molar-refractivity contribution in [3.8, 4) is 0 Å². The van der Waals surface area contributed by atoms with Crippen LogP contribution in [0.15, 0.2) is 87.5 Å². The van der Waals surface area contributed by atoms with E-state index >= 15 is 0 Å². The summed E-state index contributed by atoms with van der Waals surface area (Å²) in [5.74, 6) is -0.888. The van der Waals surface area contributed by atoms with Crippen LogP contribution in [0.3, 0.4) is 0 Å². The van der Waals surface area contributed by atoms with Gasteiger partial charge in [0.1, 0.15) is 6.54 Å². The summed E-state index contributed by atoms with van der Waals surface area (Å²) in [7, 11) is -13.6. The Bertz CT molecular complexity index is 2280. The van der Waals surface area contributed by atoms with E-state index < -0.39 is 53.2 Å². The summed E-state index contributed by atoms with van der Waals surface area (Å²) in [6.07, 6.45) is 5.51. The molecule has 2 heterocycles. The Balaban J connectivity index is 1.67. The Morgan fingerprint density at radius 2 is 1.36 bits per heavy atom. The lowest BCUT2D eigenvalue weighted by atomic mass is 9.78. The molecule has 0 bridgehead atoms. The van der Waals surface area contributed by atoms with E-state index in [9.17, 15) is 43.7 Å². The van der Waals surface area contributed by atoms with Crippen LogP contribution in [0.1, 0.15) is 64.5 Å². The van der Waals surface area contributed by atoms with Gasteiger partial charge < -0.3 is 10.0 Å². The first-order valence-electron chi connectivity index (χ1n) is 15.7. The number of allylic oxidation sites excluding steroid dienone is 1. The largest absolute Gasteiger partial charge is 0.481 e. The molecule has 3 aromatic rings. The molecule has 1 atom stereocenters. The quantitative estimate of drug-likeness (QED) is 0.103. The van der Waals surface area contributed by atoms with Gasteiger partial charge in [0.25, 0.3) is 30.4 Å². The Kier molecular flexibility index (Phi) is 9.70. The van der Waals surface area contributed by atoms with Gasteiger partial charge in [-0.2, -0.15) is 29.8 Å². The van der Waals surface area contributed by atoms with Gasteiger partial charge in [-0.1, -0.05) is 26.0 Å². The van der Waals surface area contributed by atoms with Crippen LogP contribution >= 0.6 is 0 Å². The fraction of sp³-hybridized carbons (Fsp3) is 0.353. The number of hydrogen-bond donors (Lipinski definition) is 4. The first-order valence-corrected chi connectivity index (χ1v) is 20.0. The van der Waals surface area contributed by atoms with E-state index in [1.165, 1.54) is 48.5 Å². The van der Waals surface area contributed by atoms with E-state index in [1.807, 2.05) is 49.3 Å². The molecule has 2 aliphatic rings. The van der Waals surface area contributed by atoms with E-state index in [1.54, 1.807) is 12.1 Å². The number of benzene rings is 3. The Hall–Kier alpha value is -3.93. The molecule has 0 fully saturated rings. The number of anilines is 2. The van der Waals surface area contributed by atoms with Gasteiger partial charge in [-0.25, -0.2) is 0 Å². The Morgan fingerprint density at radius 1 is 0.780 bits per heavy atom. The van der Waals surface area contributed by atoms with Crippen LogP contribution in [0.4, 0.5) is 17.1 Å². The van der Waals surface area contributed by atoms with Gasteiger partial charge in [-0.15, -0.1) is 0 Å². The minimum absolute atomic E-state index is 0.0293. The third-order valence-electron chi connectivity index (χ3n) is 9.50. The maximum atomic E-state index is 12.1. The molecule has 0 amide bonds. The van der Waals surface area contributed by atoms with Crippen molar-refractivity contribution in [2.24, 2.45) is 0 Å². The molecule has 16 heteroatoms. The topological polar surface area (TPSA) is 207 Å². The highest BCUT2D eigenvalue weighted by Gasteiger charge is 2.48. The highest BCUT2D eigenvalue weighted by Crippen LogP contribution is 2.50. The Morgan fingerprint density at radius 3 is 1.96 bits per heavy atom. The molecular formula is C34H39N2O11S3+. The number of aliphatic carboxylic acids is 1. The minimum Gasteiger partial charge on any atom is -0.481 e. The van der Waals surface area contributed by atoms with Crippen LogP contribution in [0.25, 0.3) is 0 Å². The number of hydrogen-bond acceptors (Lipinski definition) is 8. The summed E-state index contributed by atoms with van der Waals surface area (Å²) >= 11 is 0. The summed E-state index contributed by atoms with van der Waals surface area (Å²) in [5, 5.41) is 9.07. The van der Waals surface area contributed by atoms with Crippen molar-refractivity contribution >= 4 is 59.1 Å². The van der Waals surface area contributed by atoms with Crippen molar-refractivity contribution in [1.29, 1.82) is 0 Å². The zero-order chi connectivity index (χ0) is 37.0. The second-order valence-corrected chi connectivity index (χ2v) is 17.8. The van der Waals surface area contributed by atoms with Crippen molar-refractivity contribution < 1.29 is 53.4 Å². The molecular weight excluding hydrogens is 709 g/mol. The number of carbonyl (C=O) groups is 1. The SMILES string of the molecule is CC1(C)C(/C=C/C2N(c3cccc(S(=O)(=O)O)c3)c3ccc(S(=O)(=O)O)cc3C2(C)C)=[N+](CCCCCC(=O)O)c2ccc(S(=O)(=O)O)cc21. The van der Waals surface area contributed by atoms with Gasteiger partial charge in [-0.3, -0.25) is 18.5 Å². The number of fused-ring (bicyclic) bond motifs is 2. The van der Waals surface area contributed by atoms with Crippen LogP contribution < -0.4 is 4.90 Å². The van der Waals surface area contributed by atoms with Gasteiger partial charge in [0.15, 0.2) is 5.71 Å². The number of nitrogens with zero attached hydrogens (tertiary/aromatic N) is 2. The van der Waals surface area contributed by atoms with Crippen LogP contribution in [0.2, 0.25) is 0 Å². The minimum atomic E-state index is -4.58. The van der Waals surface area contributed by atoms with Crippen LogP contribution in [0, 0.1) is 0 Å². The summed E-state index contributed by atoms with van der Waals surface area (Å²) in [6, 6.07) is 13.6. The van der Waals surface area contributed by atoms with E-state index in [0.29, 0.717) is 54.0 Å². The second-order valence-electron chi connectivity index (χ2n) is 13.5. The van der Waals surface area contributed by atoms with Crippen LogP contribution in [-0.2, 0) is 46.0 Å². The number of rotatable bonds is 12. The van der Waals surface area contributed by atoms with Gasteiger partial charge in [-0.05, 0) is 80.8 Å². The number of carboxylic acids is 1. The van der Waals surface area contributed by atoms with E-state index in [0.717, 1.165) is 5.71 Å². The average molecular weight is 748 g/mol. The smallest absolute Gasteiger partial charge is 0.303 e. The lowest BCUT2D eigenvalue weighted by Crippen LogP contribution is -2.38. The highest BCUT2D eigenvalue weighted by molar-refractivity contribution is 7.86. The summed E-state index contributed by atoms with van der Waals surface area (Å²) in [5.41, 5.74) is 1.94. The molecule has 0 radical (unpaired) electrons. The molecule has 2 aliphatic heterocycles. The number of carboxylic acid groups (broad SMARTS) is 1. The van der Waals surface area contributed by atoms with Gasteiger partial charge in [0.05, 0.1) is 26.1 Å². The number of unbranched alkanes of at least 4 members (excludes halogenated alkanes) is 2. The predicted octanol–water partition coefficient (Wildman–Crippen LogP) is 5.50. The zero-order valence-corrected chi connectivity index (χ0v) is 30.3. The van der Waals surface area contributed by atoms with Crippen LogP contribution in [0.5, 0.6) is 0 Å². The van der Waals surface area contributed by atoms with Crippen molar-refractivity contribution in [2.45, 2.75) is 84.9 Å². The molecule has 5 rings (SSSR count).